The Kier molecular flexibility index (Phi) is 4.21. The molecule has 3 N–H and O–H groups in total. The van der Waals surface area contributed by atoms with Gasteiger partial charge >= 0.3 is 5.97 Å². The summed E-state index contributed by atoms with van der Waals surface area (Å²) in [5.74, 6) is -1.20. The van der Waals surface area contributed by atoms with Crippen molar-refractivity contribution in [2.24, 2.45) is 5.41 Å². The van der Waals surface area contributed by atoms with Crippen LogP contribution in [0.4, 0.5) is 0 Å². The van der Waals surface area contributed by atoms with E-state index in [9.17, 15) is 14.7 Å². The molecular formula is C14H18N4O3. The number of benzene rings is 1. The van der Waals surface area contributed by atoms with Gasteiger partial charge in [0.2, 0.25) is 0 Å². The molecule has 1 heterocycles. The lowest BCUT2D eigenvalue weighted by Gasteiger charge is -2.26. The number of nitrogens with one attached hydrogen (secondary N) is 2. The molecule has 2 rings (SSSR count). The van der Waals surface area contributed by atoms with Crippen LogP contribution in [0.25, 0.3) is 11.0 Å². The topological polar surface area (TPSA) is 108 Å². The van der Waals surface area contributed by atoms with Gasteiger partial charge in [0.25, 0.3) is 5.91 Å². The van der Waals surface area contributed by atoms with Gasteiger partial charge in [-0.2, -0.15) is 15.4 Å². The van der Waals surface area contributed by atoms with Gasteiger partial charge in [0.05, 0.1) is 5.41 Å². The van der Waals surface area contributed by atoms with Crippen LogP contribution in [-0.2, 0) is 4.79 Å². The van der Waals surface area contributed by atoms with Crippen molar-refractivity contribution < 1.29 is 14.7 Å². The Morgan fingerprint density at radius 3 is 2.52 bits per heavy atom. The predicted molar refractivity (Wildman–Crippen MR) is 76.9 cm³/mol. The number of hydrogen-bond donors (Lipinski definition) is 3. The quantitative estimate of drug-likeness (QED) is 0.748. The molecule has 0 aliphatic heterocycles. The molecule has 1 aromatic carbocycles. The fourth-order valence-corrected chi connectivity index (χ4v) is 2.21. The number of H-pyrrole nitrogens is 1. The second-order valence-corrected chi connectivity index (χ2v) is 5.00. The van der Waals surface area contributed by atoms with Crippen LogP contribution in [0.1, 0.15) is 37.0 Å². The first-order valence-electron chi connectivity index (χ1n) is 6.84. The van der Waals surface area contributed by atoms with Crippen LogP contribution in [-0.4, -0.2) is 38.9 Å². The molecule has 7 heteroatoms. The molecule has 21 heavy (non-hydrogen) atoms. The first kappa shape index (κ1) is 15.0. The van der Waals surface area contributed by atoms with E-state index in [1.54, 1.807) is 18.2 Å². The van der Waals surface area contributed by atoms with Crippen molar-refractivity contribution in [3.05, 3.63) is 23.8 Å². The molecule has 7 nitrogen and oxygen atoms in total. The van der Waals surface area contributed by atoms with Gasteiger partial charge in [0, 0.05) is 12.1 Å². The first-order valence-corrected chi connectivity index (χ1v) is 6.84. The molecule has 0 fully saturated rings. The number of carboxylic acids is 1. The summed E-state index contributed by atoms with van der Waals surface area (Å²) < 4.78 is 0. The van der Waals surface area contributed by atoms with Gasteiger partial charge in [-0.3, -0.25) is 9.59 Å². The van der Waals surface area contributed by atoms with Gasteiger partial charge in [0.1, 0.15) is 11.0 Å². The first-order chi connectivity index (χ1) is 10.0. The van der Waals surface area contributed by atoms with Crippen molar-refractivity contribution >= 4 is 22.9 Å². The van der Waals surface area contributed by atoms with E-state index in [4.69, 9.17) is 0 Å². The Morgan fingerprint density at radius 1 is 1.24 bits per heavy atom. The van der Waals surface area contributed by atoms with Crippen LogP contribution in [0.15, 0.2) is 18.2 Å². The third kappa shape index (κ3) is 2.86. The number of carbonyl (C=O) groups is 2. The maximum absolute atomic E-state index is 12.1. The Balaban J connectivity index is 2.12. The van der Waals surface area contributed by atoms with Gasteiger partial charge in [-0.1, -0.05) is 13.8 Å². The Morgan fingerprint density at radius 2 is 1.90 bits per heavy atom. The van der Waals surface area contributed by atoms with Crippen molar-refractivity contribution in [2.45, 2.75) is 26.7 Å². The lowest BCUT2D eigenvalue weighted by molar-refractivity contribution is -0.149. The summed E-state index contributed by atoms with van der Waals surface area (Å²) in [4.78, 5) is 23.5. The van der Waals surface area contributed by atoms with E-state index in [1.807, 2.05) is 13.8 Å². The zero-order valence-corrected chi connectivity index (χ0v) is 12.0. The summed E-state index contributed by atoms with van der Waals surface area (Å²) >= 11 is 0. The fraction of sp³-hybridized carbons (Fsp3) is 0.429. The van der Waals surface area contributed by atoms with Gasteiger partial charge in [-0.25, -0.2) is 0 Å². The van der Waals surface area contributed by atoms with Crippen LogP contribution in [0.5, 0.6) is 0 Å². The van der Waals surface area contributed by atoms with Crippen LogP contribution in [0.3, 0.4) is 0 Å². The summed E-state index contributed by atoms with van der Waals surface area (Å²) in [6.45, 7) is 3.72. The highest BCUT2D eigenvalue weighted by molar-refractivity contribution is 5.97. The smallest absolute Gasteiger partial charge is 0.311 e. The summed E-state index contributed by atoms with van der Waals surface area (Å²) in [7, 11) is 0. The Labute approximate surface area is 121 Å². The minimum Gasteiger partial charge on any atom is -0.481 e. The van der Waals surface area contributed by atoms with E-state index in [1.165, 1.54) is 0 Å². The highest BCUT2D eigenvalue weighted by atomic mass is 16.4. The molecule has 1 amide bonds. The molecular weight excluding hydrogens is 272 g/mol. The summed E-state index contributed by atoms with van der Waals surface area (Å²) in [6.07, 6.45) is 0.920. The van der Waals surface area contributed by atoms with Crippen molar-refractivity contribution in [3.8, 4) is 0 Å². The molecule has 0 saturated carbocycles. The third-order valence-electron chi connectivity index (χ3n) is 3.97. The van der Waals surface area contributed by atoms with E-state index in [2.05, 4.69) is 20.7 Å². The molecule has 1 aromatic heterocycles. The molecule has 0 spiro atoms. The number of nitrogens with zero attached hydrogens (tertiary/aromatic N) is 2. The minimum atomic E-state index is -0.923. The summed E-state index contributed by atoms with van der Waals surface area (Å²) in [5.41, 5.74) is 0.780. The number of carboxylic acid groups (broad SMARTS) is 1. The SMILES string of the molecule is CCC(CC)(CNC(=O)c1ccc2n[nH]nc2c1)C(=O)O. The Bertz CT molecular complexity index is 661. The molecule has 0 bridgehead atoms. The van der Waals surface area contributed by atoms with Crippen molar-refractivity contribution in [1.29, 1.82) is 0 Å². The van der Waals surface area contributed by atoms with Gasteiger partial charge in [0.15, 0.2) is 0 Å². The van der Waals surface area contributed by atoms with Crippen LogP contribution in [0, 0.1) is 5.41 Å². The van der Waals surface area contributed by atoms with Crippen LogP contribution in [0.2, 0.25) is 0 Å². The third-order valence-corrected chi connectivity index (χ3v) is 3.97. The highest BCUT2D eigenvalue weighted by Gasteiger charge is 2.35. The molecule has 0 aliphatic carbocycles. The molecule has 112 valence electrons. The van der Waals surface area contributed by atoms with Crippen molar-refractivity contribution in [2.75, 3.05) is 6.54 Å². The normalized spacial score (nSPS) is 11.5. The number of aromatic amines is 1. The molecule has 0 atom stereocenters. The van der Waals surface area contributed by atoms with E-state index < -0.39 is 11.4 Å². The van der Waals surface area contributed by atoms with Crippen molar-refractivity contribution in [3.63, 3.8) is 0 Å². The molecule has 0 radical (unpaired) electrons. The lowest BCUT2D eigenvalue weighted by atomic mass is 9.82. The second-order valence-electron chi connectivity index (χ2n) is 5.00. The van der Waals surface area contributed by atoms with E-state index in [-0.39, 0.29) is 12.5 Å². The highest BCUT2D eigenvalue weighted by Crippen LogP contribution is 2.25. The lowest BCUT2D eigenvalue weighted by Crippen LogP contribution is -2.42. The number of rotatable bonds is 6. The summed E-state index contributed by atoms with van der Waals surface area (Å²) in [6, 6.07) is 4.95. The zero-order chi connectivity index (χ0) is 15.5. The number of carbonyl (C=O) groups excluding carboxylic acids is 1. The van der Waals surface area contributed by atoms with Gasteiger partial charge in [-0.05, 0) is 31.0 Å². The average Bonchev–Trinajstić information content (AvgIpc) is 2.95. The maximum Gasteiger partial charge on any atom is 0.311 e. The maximum atomic E-state index is 12.1. The monoisotopic (exact) mass is 290 g/mol. The fourth-order valence-electron chi connectivity index (χ4n) is 2.21. The molecule has 0 unspecified atom stereocenters. The van der Waals surface area contributed by atoms with Gasteiger partial charge < -0.3 is 10.4 Å². The number of aliphatic carboxylic acids is 1. The van der Waals surface area contributed by atoms with E-state index in [0.717, 1.165) is 0 Å². The number of aromatic nitrogens is 3. The predicted octanol–water partition coefficient (Wildman–Crippen LogP) is 1.58. The minimum absolute atomic E-state index is 0.102. The van der Waals surface area contributed by atoms with E-state index in [0.29, 0.717) is 29.4 Å². The summed E-state index contributed by atoms with van der Waals surface area (Å²) in [5, 5.41) is 22.4. The standard InChI is InChI=1S/C14H18N4O3/c1-3-14(4-2,13(20)21)8-15-12(19)9-5-6-10-11(7-9)17-18-16-10/h5-7H,3-4,8H2,1-2H3,(H,15,19)(H,20,21)(H,16,17,18). The largest absolute Gasteiger partial charge is 0.481 e. The number of fused-ring (bicyclic) bond motifs is 1. The van der Waals surface area contributed by atoms with E-state index >= 15 is 0 Å². The van der Waals surface area contributed by atoms with Crippen molar-refractivity contribution in [1.82, 2.24) is 20.7 Å². The second kappa shape index (κ2) is 5.90. The molecule has 0 aliphatic rings. The average molecular weight is 290 g/mol. The van der Waals surface area contributed by atoms with Crippen LogP contribution < -0.4 is 5.32 Å². The Hall–Kier alpha value is -2.44. The van der Waals surface area contributed by atoms with Gasteiger partial charge in [-0.15, -0.1) is 0 Å². The zero-order valence-electron chi connectivity index (χ0n) is 12.0. The molecule has 2 aromatic rings. The number of hydrogen-bond acceptors (Lipinski definition) is 4. The number of amides is 1. The molecule has 0 saturated heterocycles. The van der Waals surface area contributed by atoms with Crippen LogP contribution >= 0.6 is 0 Å².